The highest BCUT2D eigenvalue weighted by Gasteiger charge is 2.07. The quantitative estimate of drug-likeness (QED) is 0.722. The molecule has 3 rings (SSSR count). The SMILES string of the molecule is Cc1cc2sc(=NC(=O)Cn3cncn3)n(C)c2cc1C. The van der Waals surface area contributed by atoms with Gasteiger partial charge in [-0.1, -0.05) is 11.3 Å². The first-order chi connectivity index (χ1) is 10.0. The number of nitrogens with zero attached hydrogens (tertiary/aromatic N) is 5. The second-order valence-corrected chi connectivity index (χ2v) is 5.96. The third-order valence-corrected chi connectivity index (χ3v) is 4.50. The zero-order chi connectivity index (χ0) is 15.0. The number of carbonyl (C=O) groups is 1. The summed E-state index contributed by atoms with van der Waals surface area (Å²) in [6.07, 6.45) is 2.91. The van der Waals surface area contributed by atoms with E-state index in [1.165, 1.54) is 39.8 Å². The van der Waals surface area contributed by atoms with Crippen LogP contribution in [-0.4, -0.2) is 25.2 Å². The second-order valence-electron chi connectivity index (χ2n) is 4.95. The van der Waals surface area contributed by atoms with E-state index in [2.05, 4.69) is 41.1 Å². The Hall–Kier alpha value is -2.28. The van der Waals surface area contributed by atoms with Crippen LogP contribution in [0.25, 0.3) is 10.2 Å². The van der Waals surface area contributed by atoms with Gasteiger partial charge in [-0.15, -0.1) is 0 Å². The second kappa shape index (κ2) is 5.25. The number of aromatic nitrogens is 4. The Morgan fingerprint density at radius 1 is 1.33 bits per heavy atom. The van der Waals surface area contributed by atoms with Gasteiger partial charge in [0.1, 0.15) is 19.2 Å². The average Bonchev–Trinajstić information content (AvgIpc) is 3.02. The first-order valence-electron chi connectivity index (χ1n) is 6.51. The van der Waals surface area contributed by atoms with Crippen LogP contribution in [0.3, 0.4) is 0 Å². The highest BCUT2D eigenvalue weighted by atomic mass is 32.1. The Bertz CT molecular complexity index is 873. The van der Waals surface area contributed by atoms with E-state index in [0.717, 1.165) is 10.2 Å². The molecule has 0 N–H and O–H groups in total. The number of benzene rings is 1. The molecule has 0 atom stereocenters. The van der Waals surface area contributed by atoms with Crippen molar-refractivity contribution >= 4 is 27.5 Å². The zero-order valence-corrected chi connectivity index (χ0v) is 12.9. The molecule has 3 aromatic rings. The molecular weight excluding hydrogens is 286 g/mol. The van der Waals surface area contributed by atoms with Crippen molar-refractivity contribution in [1.29, 1.82) is 0 Å². The van der Waals surface area contributed by atoms with Crippen LogP contribution < -0.4 is 4.80 Å². The van der Waals surface area contributed by atoms with E-state index in [9.17, 15) is 4.79 Å². The van der Waals surface area contributed by atoms with Crippen LogP contribution in [0.15, 0.2) is 29.8 Å². The van der Waals surface area contributed by atoms with Crippen LogP contribution >= 0.6 is 11.3 Å². The number of rotatable bonds is 2. The van der Waals surface area contributed by atoms with Gasteiger partial charge < -0.3 is 4.57 Å². The van der Waals surface area contributed by atoms with Crippen molar-refractivity contribution < 1.29 is 4.79 Å². The number of aryl methyl sites for hydroxylation is 3. The molecule has 1 amide bonds. The summed E-state index contributed by atoms with van der Waals surface area (Å²) in [6, 6.07) is 4.26. The summed E-state index contributed by atoms with van der Waals surface area (Å²) in [5.74, 6) is -0.240. The number of amides is 1. The molecule has 2 aromatic heterocycles. The van der Waals surface area contributed by atoms with E-state index in [4.69, 9.17) is 0 Å². The highest BCUT2D eigenvalue weighted by molar-refractivity contribution is 7.16. The molecule has 0 radical (unpaired) electrons. The zero-order valence-electron chi connectivity index (χ0n) is 12.1. The van der Waals surface area contributed by atoms with Gasteiger partial charge in [-0.2, -0.15) is 10.1 Å². The molecule has 1 aromatic carbocycles. The lowest BCUT2D eigenvalue weighted by molar-refractivity contribution is -0.118. The molecule has 0 aliphatic heterocycles. The molecule has 0 fully saturated rings. The van der Waals surface area contributed by atoms with Gasteiger partial charge in [0.25, 0.3) is 5.91 Å². The van der Waals surface area contributed by atoms with Crippen LogP contribution in [0.1, 0.15) is 11.1 Å². The van der Waals surface area contributed by atoms with Gasteiger partial charge in [-0.3, -0.25) is 4.79 Å². The fraction of sp³-hybridized carbons (Fsp3) is 0.286. The monoisotopic (exact) mass is 301 g/mol. The number of fused-ring (bicyclic) bond motifs is 1. The maximum Gasteiger partial charge on any atom is 0.270 e. The van der Waals surface area contributed by atoms with E-state index in [1.807, 2.05) is 11.6 Å². The summed E-state index contributed by atoms with van der Waals surface area (Å²) in [5.41, 5.74) is 3.57. The van der Waals surface area contributed by atoms with Crippen molar-refractivity contribution in [3.63, 3.8) is 0 Å². The molecule has 2 heterocycles. The van der Waals surface area contributed by atoms with Gasteiger partial charge in [-0.05, 0) is 37.1 Å². The van der Waals surface area contributed by atoms with Crippen molar-refractivity contribution in [1.82, 2.24) is 19.3 Å². The van der Waals surface area contributed by atoms with Crippen molar-refractivity contribution in [2.75, 3.05) is 0 Å². The molecule has 21 heavy (non-hydrogen) atoms. The Morgan fingerprint density at radius 3 is 2.81 bits per heavy atom. The first-order valence-corrected chi connectivity index (χ1v) is 7.33. The van der Waals surface area contributed by atoms with Gasteiger partial charge in [0.2, 0.25) is 0 Å². The molecule has 0 aliphatic rings. The smallest absolute Gasteiger partial charge is 0.270 e. The predicted molar refractivity (Wildman–Crippen MR) is 80.9 cm³/mol. The van der Waals surface area contributed by atoms with Gasteiger partial charge in [-0.25, -0.2) is 9.67 Å². The van der Waals surface area contributed by atoms with E-state index in [1.54, 1.807) is 0 Å². The molecule has 0 bridgehead atoms. The van der Waals surface area contributed by atoms with Crippen molar-refractivity contribution in [2.45, 2.75) is 20.4 Å². The third kappa shape index (κ3) is 2.64. The third-order valence-electron chi connectivity index (χ3n) is 3.41. The molecule has 0 spiro atoms. The predicted octanol–water partition coefficient (Wildman–Crippen LogP) is 1.58. The molecule has 0 unspecified atom stereocenters. The van der Waals surface area contributed by atoms with Gasteiger partial charge in [0.05, 0.1) is 10.2 Å². The van der Waals surface area contributed by atoms with Crippen molar-refractivity contribution in [2.24, 2.45) is 12.0 Å². The fourth-order valence-corrected chi connectivity index (χ4v) is 3.20. The maximum absolute atomic E-state index is 12.0. The van der Waals surface area contributed by atoms with E-state index in [0.29, 0.717) is 4.80 Å². The van der Waals surface area contributed by atoms with E-state index < -0.39 is 0 Å². The summed E-state index contributed by atoms with van der Waals surface area (Å²) < 4.78 is 4.55. The standard InChI is InChI=1S/C14H15N5OS/c1-9-4-11-12(5-10(9)2)21-14(18(11)3)17-13(20)6-19-8-15-7-16-19/h4-5,7-8H,6H2,1-3H3. The summed E-state index contributed by atoms with van der Waals surface area (Å²) in [4.78, 5) is 20.7. The molecule has 0 saturated heterocycles. The van der Waals surface area contributed by atoms with Crippen molar-refractivity contribution in [3.05, 3.63) is 40.7 Å². The fourth-order valence-electron chi connectivity index (χ4n) is 2.08. The summed E-state index contributed by atoms with van der Waals surface area (Å²) >= 11 is 1.52. The lowest BCUT2D eigenvalue weighted by Crippen LogP contribution is -2.16. The Balaban J connectivity index is 2.02. The minimum absolute atomic E-state index is 0.103. The summed E-state index contributed by atoms with van der Waals surface area (Å²) in [6.45, 7) is 4.27. The van der Waals surface area contributed by atoms with Gasteiger partial charge >= 0.3 is 0 Å². The molecule has 6 nitrogen and oxygen atoms in total. The highest BCUT2D eigenvalue weighted by Crippen LogP contribution is 2.21. The lowest BCUT2D eigenvalue weighted by atomic mass is 10.1. The largest absolute Gasteiger partial charge is 0.319 e. The normalized spacial score (nSPS) is 12.2. The van der Waals surface area contributed by atoms with Gasteiger partial charge in [0, 0.05) is 7.05 Å². The minimum Gasteiger partial charge on any atom is -0.319 e. The Labute approximate surface area is 125 Å². The molecule has 0 saturated carbocycles. The molecular formula is C14H15N5OS. The maximum atomic E-state index is 12.0. The Kier molecular flexibility index (Phi) is 3.42. The van der Waals surface area contributed by atoms with E-state index in [-0.39, 0.29) is 12.5 Å². The van der Waals surface area contributed by atoms with Crippen LogP contribution in [0, 0.1) is 13.8 Å². The molecule has 0 aliphatic carbocycles. The van der Waals surface area contributed by atoms with Crippen LogP contribution in [0.2, 0.25) is 0 Å². The van der Waals surface area contributed by atoms with Crippen LogP contribution in [0.5, 0.6) is 0 Å². The van der Waals surface area contributed by atoms with Crippen molar-refractivity contribution in [3.8, 4) is 0 Å². The Morgan fingerprint density at radius 2 is 2.10 bits per heavy atom. The lowest BCUT2D eigenvalue weighted by Gasteiger charge is -2.00. The van der Waals surface area contributed by atoms with E-state index >= 15 is 0 Å². The molecule has 7 heteroatoms. The number of carbonyl (C=O) groups excluding carboxylic acids is 1. The topological polar surface area (TPSA) is 65.1 Å². The summed E-state index contributed by atoms with van der Waals surface area (Å²) in [5, 5.41) is 3.91. The first kappa shape index (κ1) is 13.7. The molecule has 108 valence electrons. The number of hydrogen-bond donors (Lipinski definition) is 0. The number of hydrogen-bond acceptors (Lipinski definition) is 4. The van der Waals surface area contributed by atoms with Gasteiger partial charge in [0.15, 0.2) is 4.80 Å². The number of thiazole rings is 1. The summed E-state index contributed by atoms with van der Waals surface area (Å²) in [7, 11) is 1.93. The minimum atomic E-state index is -0.240. The van der Waals surface area contributed by atoms with Crippen LogP contribution in [-0.2, 0) is 18.4 Å². The van der Waals surface area contributed by atoms with Crippen LogP contribution in [0.4, 0.5) is 0 Å². The average molecular weight is 301 g/mol.